The summed E-state index contributed by atoms with van der Waals surface area (Å²) in [5, 5.41) is 9.25. The lowest BCUT2D eigenvalue weighted by Crippen LogP contribution is -2.59. The van der Waals surface area contributed by atoms with E-state index in [1.54, 1.807) is 6.20 Å². The maximum absolute atomic E-state index is 11.3. The standard InChI is InChI=1S/C24H45N3O2/c1-3-4-5-6-7-8-9-10-11-12-13-14-15-16-17-18-23-26-19-20-27(23,22(2)25)21-24(28)29/h19-20,22H,3-18,21,25H2,1-2H3/p+1. The molecule has 3 N–H and O–H groups in total. The second-order valence-electron chi connectivity index (χ2n) is 8.77. The highest BCUT2D eigenvalue weighted by molar-refractivity contribution is 5.81. The number of hydrogen-bond acceptors (Lipinski definition) is 3. The van der Waals surface area contributed by atoms with Crippen molar-refractivity contribution >= 4 is 11.8 Å². The third-order valence-corrected chi connectivity index (χ3v) is 6.16. The van der Waals surface area contributed by atoms with Gasteiger partial charge in [-0.2, -0.15) is 0 Å². The summed E-state index contributed by atoms with van der Waals surface area (Å²) in [4.78, 5) is 15.7. The smallest absolute Gasteiger partial charge is 0.360 e. The number of amidine groups is 1. The van der Waals surface area contributed by atoms with Crippen molar-refractivity contribution in [2.75, 3.05) is 6.54 Å². The molecule has 1 aliphatic rings. The number of carboxylic acid groups (broad SMARTS) is 1. The first-order valence-electron chi connectivity index (χ1n) is 12.1. The van der Waals surface area contributed by atoms with Crippen molar-refractivity contribution in [2.24, 2.45) is 10.7 Å². The number of aliphatic imine (C=N–C) groups is 1. The summed E-state index contributed by atoms with van der Waals surface area (Å²) in [6, 6.07) is 0. The van der Waals surface area contributed by atoms with Crippen LogP contribution in [0.15, 0.2) is 17.4 Å². The predicted octanol–water partition coefficient (Wildman–Crippen LogP) is 6.34. The fraction of sp³-hybridized carbons (Fsp3) is 0.833. The lowest BCUT2D eigenvalue weighted by atomic mass is 10.0. The summed E-state index contributed by atoms with van der Waals surface area (Å²) < 4.78 is 0.175. The van der Waals surface area contributed by atoms with Crippen molar-refractivity contribution in [3.63, 3.8) is 0 Å². The number of carboxylic acids is 1. The Bertz CT molecular complexity index is 502. The number of unbranched alkanes of at least 4 members (excludes halogenated alkanes) is 14. The molecule has 0 fully saturated rings. The van der Waals surface area contributed by atoms with Crippen LogP contribution in [0.4, 0.5) is 0 Å². The maximum atomic E-state index is 11.3. The second-order valence-corrected chi connectivity index (χ2v) is 8.77. The van der Waals surface area contributed by atoms with Crippen LogP contribution in [0.25, 0.3) is 0 Å². The van der Waals surface area contributed by atoms with Gasteiger partial charge in [-0.3, -0.25) is 5.73 Å². The molecular formula is C24H46N3O2+. The van der Waals surface area contributed by atoms with Crippen molar-refractivity contribution in [3.05, 3.63) is 12.4 Å². The fourth-order valence-corrected chi connectivity index (χ4v) is 4.24. The van der Waals surface area contributed by atoms with Gasteiger partial charge in [0.2, 0.25) is 5.84 Å². The Balaban J connectivity index is 2.00. The van der Waals surface area contributed by atoms with E-state index in [1.807, 2.05) is 13.1 Å². The minimum absolute atomic E-state index is 0.0221. The molecule has 0 aromatic rings. The van der Waals surface area contributed by atoms with Gasteiger partial charge in [-0.25, -0.2) is 14.3 Å². The molecule has 0 radical (unpaired) electrons. The van der Waals surface area contributed by atoms with Crippen molar-refractivity contribution in [3.8, 4) is 0 Å². The Labute approximate surface area is 179 Å². The second kappa shape index (κ2) is 15.6. The first-order valence-corrected chi connectivity index (χ1v) is 12.1. The van der Waals surface area contributed by atoms with Gasteiger partial charge in [0, 0.05) is 13.3 Å². The van der Waals surface area contributed by atoms with Gasteiger partial charge in [0.25, 0.3) is 0 Å². The van der Waals surface area contributed by atoms with Gasteiger partial charge in [0.1, 0.15) is 12.4 Å². The number of rotatable bonds is 19. The number of nitrogens with two attached hydrogens (primary N) is 1. The Morgan fingerprint density at radius 2 is 1.38 bits per heavy atom. The molecule has 29 heavy (non-hydrogen) atoms. The number of hydrogen-bond donors (Lipinski definition) is 2. The van der Waals surface area contributed by atoms with Gasteiger partial charge in [0.05, 0.1) is 6.20 Å². The van der Waals surface area contributed by atoms with Crippen molar-refractivity contribution in [1.29, 1.82) is 0 Å². The molecule has 2 atom stereocenters. The van der Waals surface area contributed by atoms with Crippen LogP contribution in [-0.4, -0.2) is 34.1 Å². The Kier molecular flexibility index (Phi) is 13.9. The van der Waals surface area contributed by atoms with Crippen LogP contribution >= 0.6 is 0 Å². The lowest BCUT2D eigenvalue weighted by molar-refractivity contribution is -0.805. The number of aliphatic carboxylic acids is 1. The number of nitrogens with zero attached hydrogens (tertiary/aromatic N) is 2. The summed E-state index contributed by atoms with van der Waals surface area (Å²) in [5.74, 6) is 0.0649. The normalized spacial score (nSPS) is 19.5. The molecule has 0 aromatic heterocycles. The summed E-state index contributed by atoms with van der Waals surface area (Å²) >= 11 is 0. The Hall–Kier alpha value is -1.20. The molecule has 0 saturated heterocycles. The number of carbonyl (C=O) groups is 1. The predicted molar refractivity (Wildman–Crippen MR) is 123 cm³/mol. The minimum Gasteiger partial charge on any atom is -0.477 e. The van der Waals surface area contributed by atoms with E-state index in [4.69, 9.17) is 5.73 Å². The molecule has 1 heterocycles. The lowest BCUT2D eigenvalue weighted by Gasteiger charge is -2.34. The van der Waals surface area contributed by atoms with Gasteiger partial charge in [0.15, 0.2) is 6.54 Å². The first-order chi connectivity index (χ1) is 14.0. The van der Waals surface area contributed by atoms with Crippen LogP contribution in [0.5, 0.6) is 0 Å². The van der Waals surface area contributed by atoms with Crippen LogP contribution in [0.1, 0.15) is 117 Å². The van der Waals surface area contributed by atoms with E-state index in [2.05, 4.69) is 11.9 Å². The summed E-state index contributed by atoms with van der Waals surface area (Å²) in [6.07, 6.45) is 24.3. The van der Waals surface area contributed by atoms with E-state index >= 15 is 0 Å². The highest BCUT2D eigenvalue weighted by Gasteiger charge is 2.40. The van der Waals surface area contributed by atoms with Crippen molar-refractivity contribution in [2.45, 2.75) is 123 Å². The molecular weight excluding hydrogens is 362 g/mol. The van der Waals surface area contributed by atoms with Crippen LogP contribution in [0, 0.1) is 0 Å². The van der Waals surface area contributed by atoms with E-state index in [9.17, 15) is 9.90 Å². The summed E-state index contributed by atoms with van der Waals surface area (Å²) in [6.45, 7) is 4.11. The molecule has 5 nitrogen and oxygen atoms in total. The molecule has 0 saturated carbocycles. The van der Waals surface area contributed by atoms with Gasteiger partial charge in [-0.15, -0.1) is 0 Å². The quantitative estimate of drug-likeness (QED) is 0.193. The van der Waals surface area contributed by atoms with Crippen molar-refractivity contribution < 1.29 is 14.4 Å². The zero-order valence-corrected chi connectivity index (χ0v) is 19.1. The monoisotopic (exact) mass is 408 g/mol. The number of quaternary nitrogens is 1. The van der Waals surface area contributed by atoms with Crippen LogP contribution in [0.2, 0.25) is 0 Å². The van der Waals surface area contributed by atoms with Crippen molar-refractivity contribution in [1.82, 2.24) is 0 Å². The SMILES string of the molecule is CCCCCCCCCCCCCCCCCC1=NC=C[N+]1(CC(=O)O)C(C)N. The van der Waals surface area contributed by atoms with Gasteiger partial charge < -0.3 is 5.11 Å². The van der Waals surface area contributed by atoms with E-state index in [1.165, 1.54) is 89.9 Å². The average Bonchev–Trinajstić information content (AvgIpc) is 3.08. The zero-order valence-electron chi connectivity index (χ0n) is 19.1. The average molecular weight is 409 g/mol. The molecule has 1 aliphatic heterocycles. The molecule has 0 amide bonds. The molecule has 0 aliphatic carbocycles. The summed E-state index contributed by atoms with van der Waals surface area (Å²) in [7, 11) is 0. The molecule has 0 spiro atoms. The molecule has 5 heteroatoms. The third-order valence-electron chi connectivity index (χ3n) is 6.16. The summed E-state index contributed by atoms with van der Waals surface area (Å²) in [5.41, 5.74) is 6.10. The van der Waals surface area contributed by atoms with Gasteiger partial charge >= 0.3 is 5.97 Å². The molecule has 2 unspecified atom stereocenters. The van der Waals surface area contributed by atoms with Crippen LogP contribution in [-0.2, 0) is 4.79 Å². The Morgan fingerprint density at radius 3 is 1.79 bits per heavy atom. The van der Waals surface area contributed by atoms with Crippen LogP contribution in [0.3, 0.4) is 0 Å². The fourth-order valence-electron chi connectivity index (χ4n) is 4.24. The molecule has 168 valence electrons. The molecule has 0 aromatic carbocycles. The first kappa shape index (κ1) is 25.8. The third kappa shape index (κ3) is 10.4. The maximum Gasteiger partial charge on any atom is 0.360 e. The van der Waals surface area contributed by atoms with Gasteiger partial charge in [-0.1, -0.05) is 96.8 Å². The van der Waals surface area contributed by atoms with E-state index in [0.717, 1.165) is 18.7 Å². The largest absolute Gasteiger partial charge is 0.477 e. The minimum atomic E-state index is -0.835. The molecule has 1 rings (SSSR count). The molecule has 0 bridgehead atoms. The zero-order chi connectivity index (χ0) is 21.4. The van der Waals surface area contributed by atoms with E-state index in [0.29, 0.717) is 0 Å². The van der Waals surface area contributed by atoms with E-state index < -0.39 is 5.97 Å². The highest BCUT2D eigenvalue weighted by atomic mass is 16.4. The Morgan fingerprint density at radius 1 is 0.931 bits per heavy atom. The highest BCUT2D eigenvalue weighted by Crippen LogP contribution is 2.23. The topological polar surface area (TPSA) is 75.7 Å². The van der Waals surface area contributed by atoms with Crippen LogP contribution < -0.4 is 5.73 Å². The van der Waals surface area contributed by atoms with Gasteiger partial charge in [-0.05, 0) is 6.42 Å². The van der Waals surface area contributed by atoms with E-state index in [-0.39, 0.29) is 17.2 Å².